The average Bonchev–Trinajstić information content (AvgIpc) is 3.23. The van der Waals surface area contributed by atoms with Crippen LogP contribution in [0.15, 0.2) is 35.8 Å². The molecule has 1 atom stereocenters. The van der Waals surface area contributed by atoms with E-state index in [0.29, 0.717) is 19.0 Å². The van der Waals surface area contributed by atoms with Gasteiger partial charge in [0.15, 0.2) is 0 Å². The molecule has 0 radical (unpaired) electrons. The molecule has 0 aromatic carbocycles. The van der Waals surface area contributed by atoms with E-state index >= 15 is 0 Å². The SMILES string of the molecule is Cc1ccnc(NC[C@H]2CCN(CC(=O)NCc3cccs3)C2)c1. The Kier molecular flexibility index (Phi) is 5.82. The average molecular weight is 344 g/mol. The summed E-state index contributed by atoms with van der Waals surface area (Å²) >= 11 is 1.67. The zero-order chi connectivity index (χ0) is 16.8. The molecule has 6 heteroatoms. The number of thiophene rings is 1. The fourth-order valence-electron chi connectivity index (χ4n) is 2.96. The van der Waals surface area contributed by atoms with Crippen molar-refractivity contribution in [2.75, 3.05) is 31.5 Å². The van der Waals surface area contributed by atoms with Crippen molar-refractivity contribution in [1.29, 1.82) is 0 Å². The molecule has 1 aliphatic heterocycles. The van der Waals surface area contributed by atoms with Crippen LogP contribution >= 0.6 is 11.3 Å². The van der Waals surface area contributed by atoms with Gasteiger partial charge in [-0.25, -0.2) is 4.98 Å². The molecule has 0 aliphatic carbocycles. The van der Waals surface area contributed by atoms with Crippen LogP contribution in [0.2, 0.25) is 0 Å². The van der Waals surface area contributed by atoms with Gasteiger partial charge in [0.1, 0.15) is 5.82 Å². The first-order valence-corrected chi connectivity index (χ1v) is 9.25. The molecular weight excluding hydrogens is 320 g/mol. The van der Waals surface area contributed by atoms with Crippen LogP contribution in [0.3, 0.4) is 0 Å². The Morgan fingerprint density at radius 2 is 2.38 bits per heavy atom. The minimum atomic E-state index is 0.109. The Morgan fingerprint density at radius 3 is 3.17 bits per heavy atom. The number of carbonyl (C=O) groups excluding carboxylic acids is 1. The largest absolute Gasteiger partial charge is 0.370 e. The van der Waals surface area contributed by atoms with Gasteiger partial charge in [0.25, 0.3) is 0 Å². The number of pyridine rings is 1. The fourth-order valence-corrected chi connectivity index (χ4v) is 3.61. The Morgan fingerprint density at radius 1 is 1.46 bits per heavy atom. The number of anilines is 1. The van der Waals surface area contributed by atoms with E-state index in [4.69, 9.17) is 0 Å². The van der Waals surface area contributed by atoms with Crippen LogP contribution in [0.4, 0.5) is 5.82 Å². The lowest BCUT2D eigenvalue weighted by Crippen LogP contribution is -2.36. The number of likely N-dealkylation sites (tertiary alicyclic amines) is 1. The topological polar surface area (TPSA) is 57.3 Å². The number of amides is 1. The summed E-state index contributed by atoms with van der Waals surface area (Å²) in [4.78, 5) is 19.8. The summed E-state index contributed by atoms with van der Waals surface area (Å²) in [6.45, 7) is 6.05. The molecule has 5 nitrogen and oxygen atoms in total. The van der Waals surface area contributed by atoms with E-state index in [1.165, 1.54) is 10.4 Å². The summed E-state index contributed by atoms with van der Waals surface area (Å²) < 4.78 is 0. The predicted molar refractivity (Wildman–Crippen MR) is 98.2 cm³/mol. The first-order chi connectivity index (χ1) is 11.7. The molecule has 1 aliphatic rings. The molecule has 128 valence electrons. The molecule has 2 N–H and O–H groups in total. The number of rotatable bonds is 7. The molecule has 1 amide bonds. The molecule has 3 rings (SSSR count). The van der Waals surface area contributed by atoms with Gasteiger partial charge in [0.05, 0.1) is 13.1 Å². The number of hydrogen-bond acceptors (Lipinski definition) is 5. The van der Waals surface area contributed by atoms with Gasteiger partial charge in [0.2, 0.25) is 5.91 Å². The van der Waals surface area contributed by atoms with Gasteiger partial charge in [-0.05, 0) is 54.9 Å². The van der Waals surface area contributed by atoms with E-state index in [-0.39, 0.29) is 5.91 Å². The van der Waals surface area contributed by atoms with Crippen LogP contribution in [0.1, 0.15) is 16.9 Å². The van der Waals surface area contributed by atoms with E-state index in [1.807, 2.05) is 29.8 Å². The fraction of sp³-hybridized carbons (Fsp3) is 0.444. The van der Waals surface area contributed by atoms with E-state index in [1.54, 1.807) is 11.3 Å². The van der Waals surface area contributed by atoms with Gasteiger partial charge in [-0.3, -0.25) is 9.69 Å². The summed E-state index contributed by atoms with van der Waals surface area (Å²) in [5.74, 6) is 1.61. The summed E-state index contributed by atoms with van der Waals surface area (Å²) in [5, 5.41) is 8.43. The van der Waals surface area contributed by atoms with E-state index < -0.39 is 0 Å². The van der Waals surface area contributed by atoms with Gasteiger partial charge in [-0.2, -0.15) is 0 Å². The smallest absolute Gasteiger partial charge is 0.234 e. The Bertz CT molecular complexity index is 659. The second kappa shape index (κ2) is 8.26. The molecule has 1 saturated heterocycles. The van der Waals surface area contributed by atoms with Crippen molar-refractivity contribution < 1.29 is 4.79 Å². The zero-order valence-corrected chi connectivity index (χ0v) is 14.8. The lowest BCUT2D eigenvalue weighted by molar-refractivity contribution is -0.122. The highest BCUT2D eigenvalue weighted by atomic mass is 32.1. The number of hydrogen-bond donors (Lipinski definition) is 2. The van der Waals surface area contributed by atoms with Gasteiger partial charge in [0, 0.05) is 24.2 Å². The van der Waals surface area contributed by atoms with Gasteiger partial charge in [-0.15, -0.1) is 11.3 Å². The number of nitrogens with one attached hydrogen (secondary N) is 2. The highest BCUT2D eigenvalue weighted by molar-refractivity contribution is 7.09. The molecule has 2 aromatic heterocycles. The van der Waals surface area contributed by atoms with Crippen molar-refractivity contribution in [3.05, 3.63) is 46.3 Å². The third-order valence-electron chi connectivity index (χ3n) is 4.26. The van der Waals surface area contributed by atoms with Crippen LogP contribution < -0.4 is 10.6 Å². The number of nitrogens with zero attached hydrogens (tertiary/aromatic N) is 2. The van der Waals surface area contributed by atoms with Crippen LogP contribution in [0, 0.1) is 12.8 Å². The molecule has 0 bridgehead atoms. The Balaban J connectivity index is 1.36. The van der Waals surface area contributed by atoms with Gasteiger partial charge < -0.3 is 10.6 Å². The molecule has 0 spiro atoms. The lowest BCUT2D eigenvalue weighted by atomic mass is 10.1. The second-order valence-electron chi connectivity index (χ2n) is 6.35. The quantitative estimate of drug-likeness (QED) is 0.810. The van der Waals surface area contributed by atoms with Crippen molar-refractivity contribution in [1.82, 2.24) is 15.2 Å². The maximum Gasteiger partial charge on any atom is 0.234 e. The summed E-state index contributed by atoms with van der Waals surface area (Å²) in [5.41, 5.74) is 1.21. The number of aromatic nitrogens is 1. The minimum Gasteiger partial charge on any atom is -0.370 e. The Labute approximate surface area is 147 Å². The summed E-state index contributed by atoms with van der Waals surface area (Å²) in [6, 6.07) is 8.11. The van der Waals surface area contributed by atoms with Gasteiger partial charge >= 0.3 is 0 Å². The molecule has 0 unspecified atom stereocenters. The first kappa shape index (κ1) is 16.9. The Hall–Kier alpha value is -1.92. The summed E-state index contributed by atoms with van der Waals surface area (Å²) in [6.07, 6.45) is 2.95. The van der Waals surface area contributed by atoms with Crippen molar-refractivity contribution in [2.24, 2.45) is 5.92 Å². The minimum absolute atomic E-state index is 0.109. The van der Waals surface area contributed by atoms with Crippen molar-refractivity contribution in [2.45, 2.75) is 19.9 Å². The summed E-state index contributed by atoms with van der Waals surface area (Å²) in [7, 11) is 0. The van der Waals surface area contributed by atoms with Gasteiger partial charge in [-0.1, -0.05) is 6.07 Å². The number of aryl methyl sites for hydroxylation is 1. The molecule has 3 heterocycles. The molecule has 1 fully saturated rings. The van der Waals surface area contributed by atoms with E-state index in [0.717, 1.165) is 31.9 Å². The van der Waals surface area contributed by atoms with Crippen molar-refractivity contribution >= 4 is 23.1 Å². The van der Waals surface area contributed by atoms with Crippen molar-refractivity contribution in [3.63, 3.8) is 0 Å². The van der Waals surface area contributed by atoms with Crippen LogP contribution in [0.5, 0.6) is 0 Å². The number of carbonyl (C=O) groups is 1. The highest BCUT2D eigenvalue weighted by Crippen LogP contribution is 2.17. The maximum absolute atomic E-state index is 12.0. The van der Waals surface area contributed by atoms with Crippen LogP contribution in [-0.4, -0.2) is 42.0 Å². The lowest BCUT2D eigenvalue weighted by Gasteiger charge is -2.16. The first-order valence-electron chi connectivity index (χ1n) is 8.37. The maximum atomic E-state index is 12.0. The zero-order valence-electron chi connectivity index (χ0n) is 14.0. The monoisotopic (exact) mass is 344 g/mol. The second-order valence-corrected chi connectivity index (χ2v) is 7.38. The van der Waals surface area contributed by atoms with E-state index in [9.17, 15) is 4.79 Å². The third kappa shape index (κ3) is 5.04. The molecular formula is C18H24N4OS. The van der Waals surface area contributed by atoms with Crippen LogP contribution in [-0.2, 0) is 11.3 Å². The van der Waals surface area contributed by atoms with E-state index in [2.05, 4.69) is 33.5 Å². The highest BCUT2D eigenvalue weighted by Gasteiger charge is 2.23. The standard InChI is InChI=1S/C18H24N4OS/c1-14-4-6-19-17(9-14)20-10-15-5-7-22(12-15)13-18(23)21-11-16-3-2-8-24-16/h2-4,6,8-9,15H,5,7,10-13H2,1H3,(H,19,20)(H,21,23)/t15-/m1/s1. The normalized spacial score (nSPS) is 17.8. The predicted octanol–water partition coefficient (Wildman–Crippen LogP) is 2.50. The third-order valence-corrected chi connectivity index (χ3v) is 5.14. The molecule has 0 saturated carbocycles. The molecule has 24 heavy (non-hydrogen) atoms. The van der Waals surface area contributed by atoms with Crippen LogP contribution in [0.25, 0.3) is 0 Å². The van der Waals surface area contributed by atoms with Crippen molar-refractivity contribution in [3.8, 4) is 0 Å². The molecule has 2 aromatic rings.